The Morgan fingerprint density at radius 3 is 1.06 bits per heavy atom. The molecule has 0 aliphatic carbocycles. The highest BCUT2D eigenvalue weighted by molar-refractivity contribution is 7.45. The molecule has 0 saturated heterocycles. The molecule has 0 aromatic heterocycles. The Kier molecular flexibility index (Phi) is 56.0. The maximum atomic E-state index is 12.8. The Labute approximate surface area is 490 Å². The van der Waals surface area contributed by atoms with Gasteiger partial charge < -0.3 is 27.9 Å². The van der Waals surface area contributed by atoms with Crippen molar-refractivity contribution in [2.45, 2.75) is 225 Å². The van der Waals surface area contributed by atoms with Crippen LogP contribution >= 0.6 is 7.82 Å². The molecule has 0 aromatic carbocycles. The van der Waals surface area contributed by atoms with E-state index in [1.165, 1.54) is 44.9 Å². The second kappa shape index (κ2) is 59.3. The summed E-state index contributed by atoms with van der Waals surface area (Å²) in [4.78, 5) is 37.9. The smallest absolute Gasteiger partial charge is 0.306 e. The standard InChI is InChI=1S/C70H114NO8P/c1-6-8-10-12-14-16-18-20-22-24-25-26-27-28-29-30-31-32-33-34-35-36-37-38-39-40-41-42-43-44-45-47-49-51-53-55-57-59-61-63-70(73)79-68(67-78-80(74,75)77-65-64-71(3,4)5)66-76-69(72)62-60-58-56-54-52-50-48-46-23-21-19-17-15-13-11-9-7-2/h8,10,14-17,20-23,25-26,28-29,31-32,34-35,37-38,40-41,43-44,47,49,68H,6-7,9,11-13,18-19,24,27,30,33,36,39,42,45-46,48,50-67H2,1-5H3/b10-8-,16-14-,17-15-,22-20-,23-21-,26-25-,29-28-,32-31-,35-34-,38-37-,41-40-,44-43-,49-47-. The van der Waals surface area contributed by atoms with E-state index in [0.717, 1.165) is 135 Å². The topological polar surface area (TPSA) is 111 Å². The van der Waals surface area contributed by atoms with E-state index in [9.17, 15) is 19.0 Å². The summed E-state index contributed by atoms with van der Waals surface area (Å²) in [5.41, 5.74) is 0. The monoisotopic (exact) mass is 1130 g/mol. The Morgan fingerprint density at radius 1 is 0.400 bits per heavy atom. The molecule has 9 nitrogen and oxygen atoms in total. The molecule has 80 heavy (non-hydrogen) atoms. The molecule has 0 fully saturated rings. The van der Waals surface area contributed by atoms with Crippen molar-refractivity contribution < 1.29 is 42.1 Å². The van der Waals surface area contributed by atoms with Crippen molar-refractivity contribution in [3.8, 4) is 0 Å². The fourth-order valence-corrected chi connectivity index (χ4v) is 8.48. The fraction of sp³-hybridized carbons (Fsp3) is 0.600. The first kappa shape index (κ1) is 75.6. The average molecular weight is 1130 g/mol. The zero-order valence-electron chi connectivity index (χ0n) is 51.2. The predicted molar refractivity (Wildman–Crippen MR) is 341 cm³/mol. The predicted octanol–water partition coefficient (Wildman–Crippen LogP) is 19.4. The number of rotatable bonds is 55. The average Bonchev–Trinajstić information content (AvgIpc) is 3.42. The van der Waals surface area contributed by atoms with E-state index >= 15 is 0 Å². The lowest BCUT2D eigenvalue weighted by Crippen LogP contribution is -2.37. The number of unbranched alkanes of at least 4 members (excludes halogenated alkanes) is 15. The number of allylic oxidation sites excluding steroid dienone is 26. The highest BCUT2D eigenvalue weighted by Crippen LogP contribution is 2.38. The number of esters is 2. The first-order chi connectivity index (χ1) is 39.0. The van der Waals surface area contributed by atoms with E-state index in [4.69, 9.17) is 18.5 Å². The van der Waals surface area contributed by atoms with Gasteiger partial charge in [0, 0.05) is 12.8 Å². The van der Waals surface area contributed by atoms with E-state index < -0.39 is 32.5 Å². The van der Waals surface area contributed by atoms with Crippen molar-refractivity contribution in [3.63, 3.8) is 0 Å². The number of nitrogens with zero attached hydrogens (tertiary/aromatic N) is 1. The van der Waals surface area contributed by atoms with Crippen molar-refractivity contribution in [3.05, 3.63) is 158 Å². The molecule has 0 rings (SSSR count). The fourth-order valence-electron chi connectivity index (χ4n) is 7.75. The SMILES string of the molecule is CC/C=C\C/C=C\C/C=C\C/C=C\C/C=C\C/C=C\C/C=C\C/C=C\C/C=C\C/C=C\C/C=C\CCCCCCCC(=O)OC(COC(=O)CCCCCCCCC/C=C\C/C=C\CCCCC)COP(=O)([O-])OCC[N+](C)(C)C. The Bertz CT molecular complexity index is 1900. The quantitative estimate of drug-likeness (QED) is 0.0195. The summed E-state index contributed by atoms with van der Waals surface area (Å²) < 4.78 is 34.1. The highest BCUT2D eigenvalue weighted by Gasteiger charge is 2.22. The van der Waals surface area contributed by atoms with Crippen LogP contribution in [0.1, 0.15) is 219 Å². The minimum Gasteiger partial charge on any atom is -0.756 e. The van der Waals surface area contributed by atoms with Crippen molar-refractivity contribution in [2.24, 2.45) is 0 Å². The van der Waals surface area contributed by atoms with Gasteiger partial charge in [-0.2, -0.15) is 0 Å². The van der Waals surface area contributed by atoms with Crippen LogP contribution in [0.25, 0.3) is 0 Å². The van der Waals surface area contributed by atoms with Gasteiger partial charge in [-0.05, 0) is 128 Å². The molecule has 0 saturated carbocycles. The first-order valence-corrected chi connectivity index (χ1v) is 32.7. The summed E-state index contributed by atoms with van der Waals surface area (Å²) >= 11 is 0. The molecule has 0 aliphatic heterocycles. The lowest BCUT2D eigenvalue weighted by molar-refractivity contribution is -0.870. The van der Waals surface area contributed by atoms with E-state index in [1.54, 1.807) is 0 Å². The van der Waals surface area contributed by atoms with Gasteiger partial charge in [0.05, 0.1) is 27.7 Å². The van der Waals surface area contributed by atoms with E-state index in [0.29, 0.717) is 23.9 Å². The van der Waals surface area contributed by atoms with Crippen LogP contribution in [0.5, 0.6) is 0 Å². The largest absolute Gasteiger partial charge is 0.756 e. The van der Waals surface area contributed by atoms with Crippen LogP contribution in [0, 0.1) is 0 Å². The molecule has 452 valence electrons. The molecule has 0 aliphatic rings. The minimum absolute atomic E-state index is 0.0448. The Hall–Kier alpha value is -4.37. The molecule has 0 N–H and O–H groups in total. The summed E-state index contributed by atoms with van der Waals surface area (Å²) in [7, 11) is 1.12. The van der Waals surface area contributed by atoms with Crippen LogP contribution < -0.4 is 4.89 Å². The molecular formula is C70H114NO8P. The second-order valence-electron chi connectivity index (χ2n) is 21.3. The Morgan fingerprint density at radius 2 is 0.713 bits per heavy atom. The maximum absolute atomic E-state index is 12.8. The zero-order valence-corrected chi connectivity index (χ0v) is 52.1. The molecule has 2 unspecified atom stereocenters. The van der Waals surface area contributed by atoms with Crippen molar-refractivity contribution in [1.29, 1.82) is 0 Å². The van der Waals surface area contributed by atoms with Crippen LogP contribution in [-0.2, 0) is 32.7 Å². The molecule has 10 heteroatoms. The summed E-state index contributed by atoms with van der Waals surface area (Å²) in [5, 5.41) is 0. The lowest BCUT2D eigenvalue weighted by Gasteiger charge is -2.28. The maximum Gasteiger partial charge on any atom is 0.306 e. The number of hydrogen-bond acceptors (Lipinski definition) is 8. The van der Waals surface area contributed by atoms with Gasteiger partial charge in [0.15, 0.2) is 6.10 Å². The molecule has 0 aromatic rings. The number of carbonyl (C=O) groups excluding carboxylic acids is 2. The van der Waals surface area contributed by atoms with Crippen molar-refractivity contribution >= 4 is 19.8 Å². The van der Waals surface area contributed by atoms with Crippen LogP contribution in [0.3, 0.4) is 0 Å². The third kappa shape index (κ3) is 62.8. The third-order valence-corrected chi connectivity index (χ3v) is 13.5. The number of ether oxygens (including phenoxy) is 2. The summed E-state index contributed by atoms with van der Waals surface area (Å²) in [6, 6.07) is 0. The number of hydrogen-bond donors (Lipinski definition) is 0. The number of phosphoric acid groups is 1. The zero-order chi connectivity index (χ0) is 58.4. The molecule has 0 bridgehead atoms. The summed E-state index contributed by atoms with van der Waals surface area (Å²) in [5.74, 6) is -0.876. The van der Waals surface area contributed by atoms with Crippen molar-refractivity contribution in [1.82, 2.24) is 0 Å². The number of phosphoric ester groups is 1. The molecule has 2 atom stereocenters. The third-order valence-electron chi connectivity index (χ3n) is 12.5. The van der Waals surface area contributed by atoms with Gasteiger partial charge in [-0.15, -0.1) is 0 Å². The number of likely N-dealkylation sites (N-methyl/N-ethyl adjacent to an activating group) is 1. The molecular weight excluding hydrogens is 1010 g/mol. The van der Waals surface area contributed by atoms with Crippen LogP contribution in [-0.4, -0.2) is 70.0 Å². The lowest BCUT2D eigenvalue weighted by atomic mass is 10.1. The van der Waals surface area contributed by atoms with Crippen LogP contribution in [0.4, 0.5) is 0 Å². The van der Waals surface area contributed by atoms with Crippen molar-refractivity contribution in [2.75, 3.05) is 47.5 Å². The van der Waals surface area contributed by atoms with Gasteiger partial charge in [-0.1, -0.05) is 236 Å². The van der Waals surface area contributed by atoms with E-state index in [2.05, 4.69) is 172 Å². The first-order valence-electron chi connectivity index (χ1n) is 31.2. The highest BCUT2D eigenvalue weighted by atomic mass is 31.2. The van der Waals surface area contributed by atoms with Gasteiger partial charge in [0.25, 0.3) is 7.82 Å². The van der Waals surface area contributed by atoms with Gasteiger partial charge in [-0.3, -0.25) is 14.2 Å². The summed E-state index contributed by atoms with van der Waals surface area (Å²) in [6.45, 7) is 4.04. The van der Waals surface area contributed by atoms with Gasteiger partial charge >= 0.3 is 11.9 Å². The van der Waals surface area contributed by atoms with E-state index in [-0.39, 0.29) is 26.1 Å². The second-order valence-corrected chi connectivity index (χ2v) is 22.7. The van der Waals surface area contributed by atoms with E-state index in [1.807, 2.05) is 21.1 Å². The molecule has 0 radical (unpaired) electrons. The number of carbonyl (C=O) groups is 2. The van der Waals surface area contributed by atoms with Gasteiger partial charge in [-0.25, -0.2) is 0 Å². The van der Waals surface area contributed by atoms with Crippen LogP contribution in [0.15, 0.2) is 158 Å². The minimum atomic E-state index is -4.66. The normalized spacial score (nSPS) is 14.3. The van der Waals surface area contributed by atoms with Gasteiger partial charge in [0.2, 0.25) is 0 Å². The molecule has 0 spiro atoms. The Balaban J connectivity index is 4.20. The van der Waals surface area contributed by atoms with Crippen LogP contribution in [0.2, 0.25) is 0 Å². The summed E-state index contributed by atoms with van der Waals surface area (Å²) in [6.07, 6.45) is 88.7. The molecule has 0 heterocycles. The number of quaternary nitrogens is 1. The van der Waals surface area contributed by atoms with Gasteiger partial charge in [0.1, 0.15) is 19.8 Å². The molecule has 0 amide bonds.